The van der Waals surface area contributed by atoms with E-state index in [1.165, 1.54) is 0 Å². The first-order chi connectivity index (χ1) is 8.78. The fourth-order valence-electron chi connectivity index (χ4n) is 1.84. The van der Waals surface area contributed by atoms with E-state index in [0.29, 0.717) is 0 Å². The molecule has 0 aromatic carbocycles. The van der Waals surface area contributed by atoms with Gasteiger partial charge < -0.3 is 20.7 Å². The van der Waals surface area contributed by atoms with Crippen molar-refractivity contribution in [3.63, 3.8) is 0 Å². The lowest BCUT2D eigenvalue weighted by atomic mass is 10.1. The molecule has 3 N–H and O–H groups in total. The lowest BCUT2D eigenvalue weighted by molar-refractivity contribution is -0.123. The highest BCUT2D eigenvalue weighted by molar-refractivity contribution is 5.85. The number of hydrogen-bond donors (Lipinski definition) is 3. The summed E-state index contributed by atoms with van der Waals surface area (Å²) in [4.78, 5) is 23.5. The molecule has 0 radical (unpaired) electrons. The number of nitrogens with one attached hydrogen (secondary N) is 3. The van der Waals surface area contributed by atoms with Gasteiger partial charge in [0.25, 0.3) is 0 Å². The van der Waals surface area contributed by atoms with E-state index in [0.717, 1.165) is 25.9 Å². The Morgan fingerprint density at radius 1 is 1.26 bits per heavy atom. The Bertz CT molecular complexity index is 320. The van der Waals surface area contributed by atoms with Crippen molar-refractivity contribution in [3.8, 4) is 0 Å². The lowest BCUT2D eigenvalue weighted by Crippen LogP contribution is -2.51. The van der Waals surface area contributed by atoms with Crippen LogP contribution >= 0.6 is 0 Å². The first-order valence-corrected chi connectivity index (χ1v) is 6.78. The number of piperidine rings is 1. The Morgan fingerprint density at radius 3 is 2.37 bits per heavy atom. The monoisotopic (exact) mass is 271 g/mol. The molecule has 0 spiro atoms. The van der Waals surface area contributed by atoms with E-state index in [4.69, 9.17) is 4.74 Å². The molecule has 1 rings (SSSR count). The number of carbonyl (C=O) groups excluding carboxylic acids is 2. The molecule has 0 unspecified atom stereocenters. The molecular weight excluding hydrogens is 246 g/mol. The van der Waals surface area contributed by atoms with Crippen LogP contribution in [0.15, 0.2) is 0 Å². The molecule has 19 heavy (non-hydrogen) atoms. The average Bonchev–Trinajstić information content (AvgIpc) is 2.27. The summed E-state index contributed by atoms with van der Waals surface area (Å²) in [6, 6.07) is -0.402. The van der Waals surface area contributed by atoms with Crippen molar-refractivity contribution >= 4 is 12.0 Å². The minimum absolute atomic E-state index is 0.169. The quantitative estimate of drug-likeness (QED) is 0.708. The van der Waals surface area contributed by atoms with Gasteiger partial charge in [-0.2, -0.15) is 0 Å². The fraction of sp³-hybridized carbons (Fsp3) is 0.846. The van der Waals surface area contributed by atoms with Crippen molar-refractivity contribution in [1.29, 1.82) is 0 Å². The molecule has 1 saturated heterocycles. The van der Waals surface area contributed by atoms with Crippen molar-refractivity contribution in [2.45, 2.75) is 58.2 Å². The first kappa shape index (κ1) is 15.8. The van der Waals surface area contributed by atoms with Gasteiger partial charge in [-0.15, -0.1) is 0 Å². The number of ether oxygens (including phenoxy) is 1. The topological polar surface area (TPSA) is 79.5 Å². The van der Waals surface area contributed by atoms with Gasteiger partial charge in [-0.1, -0.05) is 0 Å². The van der Waals surface area contributed by atoms with Crippen molar-refractivity contribution in [1.82, 2.24) is 16.0 Å². The van der Waals surface area contributed by atoms with Gasteiger partial charge in [-0.05, 0) is 53.6 Å². The molecule has 1 heterocycles. The fourth-order valence-corrected chi connectivity index (χ4v) is 1.84. The predicted molar refractivity (Wildman–Crippen MR) is 72.9 cm³/mol. The highest BCUT2D eigenvalue weighted by Crippen LogP contribution is 2.07. The van der Waals surface area contributed by atoms with Crippen LogP contribution in [0.3, 0.4) is 0 Å². The van der Waals surface area contributed by atoms with Crippen LogP contribution in [0.5, 0.6) is 0 Å². The maximum absolute atomic E-state index is 11.9. The second kappa shape index (κ2) is 6.75. The highest BCUT2D eigenvalue weighted by Gasteiger charge is 2.23. The third kappa shape index (κ3) is 6.42. The van der Waals surface area contributed by atoms with Crippen LogP contribution in [-0.4, -0.2) is 42.8 Å². The van der Waals surface area contributed by atoms with Crippen molar-refractivity contribution < 1.29 is 14.3 Å². The molecule has 0 aromatic heterocycles. The van der Waals surface area contributed by atoms with E-state index in [-0.39, 0.29) is 11.9 Å². The molecule has 1 aliphatic rings. The van der Waals surface area contributed by atoms with Crippen LogP contribution in [0.2, 0.25) is 0 Å². The molecule has 2 amide bonds. The van der Waals surface area contributed by atoms with Gasteiger partial charge in [-0.25, -0.2) is 4.79 Å². The number of amides is 2. The van der Waals surface area contributed by atoms with Crippen LogP contribution in [0.1, 0.15) is 40.5 Å². The van der Waals surface area contributed by atoms with Crippen LogP contribution in [0.4, 0.5) is 4.79 Å². The molecule has 0 bridgehead atoms. The smallest absolute Gasteiger partial charge is 0.408 e. The summed E-state index contributed by atoms with van der Waals surface area (Å²) >= 11 is 0. The summed E-state index contributed by atoms with van der Waals surface area (Å²) in [5.41, 5.74) is -0.560. The largest absolute Gasteiger partial charge is 0.444 e. The van der Waals surface area contributed by atoms with E-state index in [9.17, 15) is 9.59 Å². The van der Waals surface area contributed by atoms with E-state index in [2.05, 4.69) is 16.0 Å². The molecule has 0 aliphatic carbocycles. The molecule has 110 valence electrons. The average molecular weight is 271 g/mol. The van der Waals surface area contributed by atoms with Crippen molar-refractivity contribution in [3.05, 3.63) is 0 Å². The van der Waals surface area contributed by atoms with Gasteiger partial charge in [0, 0.05) is 6.04 Å². The molecule has 6 heteroatoms. The third-order valence-corrected chi connectivity index (χ3v) is 2.81. The van der Waals surface area contributed by atoms with E-state index >= 15 is 0 Å². The van der Waals surface area contributed by atoms with E-state index < -0.39 is 17.7 Å². The van der Waals surface area contributed by atoms with Crippen molar-refractivity contribution in [2.24, 2.45) is 0 Å². The molecule has 6 nitrogen and oxygen atoms in total. The van der Waals surface area contributed by atoms with Gasteiger partial charge in [0.05, 0.1) is 0 Å². The molecule has 1 aliphatic heterocycles. The minimum atomic E-state index is -0.593. The Morgan fingerprint density at radius 2 is 1.84 bits per heavy atom. The van der Waals surface area contributed by atoms with Gasteiger partial charge in [0.1, 0.15) is 11.6 Å². The number of hydrogen-bond acceptors (Lipinski definition) is 4. The third-order valence-electron chi connectivity index (χ3n) is 2.81. The van der Waals surface area contributed by atoms with Crippen LogP contribution in [-0.2, 0) is 9.53 Å². The highest BCUT2D eigenvalue weighted by atomic mass is 16.6. The lowest BCUT2D eigenvalue weighted by Gasteiger charge is -2.26. The standard InChI is InChI=1S/C13H25N3O3/c1-9(15-12(18)19-13(2,3)4)11(17)16-10-5-7-14-8-6-10/h9-10,14H,5-8H2,1-4H3,(H,15,18)(H,16,17)/t9-/m1/s1. The SMILES string of the molecule is C[C@@H](NC(=O)OC(C)(C)C)C(=O)NC1CCNCC1. The van der Waals surface area contributed by atoms with Gasteiger partial charge in [0.2, 0.25) is 5.91 Å². The summed E-state index contributed by atoms with van der Waals surface area (Å²) in [5.74, 6) is -0.169. The first-order valence-electron chi connectivity index (χ1n) is 6.78. The van der Waals surface area contributed by atoms with Crippen LogP contribution in [0.25, 0.3) is 0 Å². The predicted octanol–water partition coefficient (Wildman–Crippen LogP) is 0.768. The molecule has 1 atom stereocenters. The summed E-state index contributed by atoms with van der Waals surface area (Å²) in [7, 11) is 0. The van der Waals surface area contributed by atoms with Crippen LogP contribution in [0, 0.1) is 0 Å². The summed E-state index contributed by atoms with van der Waals surface area (Å²) in [6.45, 7) is 8.84. The molecular formula is C13H25N3O3. The Labute approximate surface area is 114 Å². The van der Waals surface area contributed by atoms with Crippen LogP contribution < -0.4 is 16.0 Å². The molecule has 0 aromatic rings. The van der Waals surface area contributed by atoms with Gasteiger partial charge in [-0.3, -0.25) is 4.79 Å². The zero-order valence-corrected chi connectivity index (χ0v) is 12.2. The summed E-state index contributed by atoms with van der Waals surface area (Å²) < 4.78 is 5.11. The van der Waals surface area contributed by atoms with Gasteiger partial charge in [0.15, 0.2) is 0 Å². The number of alkyl carbamates (subject to hydrolysis) is 1. The molecule has 1 fully saturated rings. The maximum Gasteiger partial charge on any atom is 0.408 e. The zero-order chi connectivity index (χ0) is 14.5. The maximum atomic E-state index is 11.9. The summed E-state index contributed by atoms with van der Waals surface area (Å²) in [6.07, 6.45) is 1.27. The second-order valence-electron chi connectivity index (χ2n) is 5.90. The van der Waals surface area contributed by atoms with Crippen molar-refractivity contribution in [2.75, 3.05) is 13.1 Å². The summed E-state index contributed by atoms with van der Waals surface area (Å²) in [5, 5.41) is 8.71. The Hall–Kier alpha value is -1.30. The zero-order valence-electron chi connectivity index (χ0n) is 12.2. The minimum Gasteiger partial charge on any atom is -0.444 e. The second-order valence-corrected chi connectivity index (χ2v) is 5.90. The van der Waals surface area contributed by atoms with Gasteiger partial charge >= 0.3 is 6.09 Å². The molecule has 0 saturated carbocycles. The Balaban J connectivity index is 2.33. The Kier molecular flexibility index (Phi) is 5.60. The van der Waals surface area contributed by atoms with E-state index in [1.54, 1.807) is 27.7 Å². The normalized spacial score (nSPS) is 18.5. The number of carbonyl (C=O) groups is 2. The number of rotatable bonds is 3. The van der Waals surface area contributed by atoms with E-state index in [1.807, 2.05) is 0 Å².